The average Bonchev–Trinajstić information content (AvgIpc) is 2.70. The second-order valence-corrected chi connectivity index (χ2v) is 7.63. The largest absolute Gasteiger partial charge is 0.329 e. The molecule has 1 rings (SSSR count). The number of unbranched alkanes of at least 4 members (excludes halogenated alkanes) is 14. The van der Waals surface area contributed by atoms with Crippen molar-refractivity contribution in [1.29, 1.82) is 0 Å². The van der Waals surface area contributed by atoms with E-state index in [9.17, 15) is 4.79 Å². The summed E-state index contributed by atoms with van der Waals surface area (Å²) >= 11 is 0. The maximum Gasteiger partial charge on any atom is 0.255 e. The van der Waals surface area contributed by atoms with E-state index in [1.807, 2.05) is 30.3 Å². The molecular formula is C25H41NO. The molecule has 27 heavy (non-hydrogen) atoms. The summed E-state index contributed by atoms with van der Waals surface area (Å²) in [5.74, 6) is -0.0344. The third-order valence-corrected chi connectivity index (χ3v) is 5.09. The smallest absolute Gasteiger partial charge is 0.255 e. The summed E-state index contributed by atoms with van der Waals surface area (Å²) in [4.78, 5) is 11.8. The molecule has 1 aromatic carbocycles. The van der Waals surface area contributed by atoms with E-state index in [-0.39, 0.29) is 5.91 Å². The van der Waals surface area contributed by atoms with Gasteiger partial charge in [0.25, 0.3) is 5.91 Å². The summed E-state index contributed by atoms with van der Waals surface area (Å²) in [6.45, 7) is 2.28. The van der Waals surface area contributed by atoms with Crippen LogP contribution in [0.2, 0.25) is 0 Å². The van der Waals surface area contributed by atoms with Crippen molar-refractivity contribution < 1.29 is 4.79 Å². The molecule has 0 radical (unpaired) electrons. The minimum absolute atomic E-state index is 0.0344. The van der Waals surface area contributed by atoms with Gasteiger partial charge in [0.15, 0.2) is 0 Å². The zero-order chi connectivity index (χ0) is 19.4. The van der Waals surface area contributed by atoms with Crippen LogP contribution >= 0.6 is 0 Å². The summed E-state index contributed by atoms with van der Waals surface area (Å²) in [6.07, 6.45) is 24.4. The first-order valence-corrected chi connectivity index (χ1v) is 11.4. The van der Waals surface area contributed by atoms with E-state index in [1.165, 1.54) is 89.9 Å². The van der Waals surface area contributed by atoms with Crippen LogP contribution in [-0.4, -0.2) is 5.91 Å². The SMILES string of the molecule is CCCCCCCCCCCCCCCCC=CNC(=O)c1ccccc1. The van der Waals surface area contributed by atoms with Crippen molar-refractivity contribution >= 4 is 5.91 Å². The van der Waals surface area contributed by atoms with Crippen LogP contribution in [0.3, 0.4) is 0 Å². The minimum Gasteiger partial charge on any atom is -0.329 e. The fraction of sp³-hybridized carbons (Fsp3) is 0.640. The van der Waals surface area contributed by atoms with Gasteiger partial charge in [-0.1, -0.05) is 115 Å². The van der Waals surface area contributed by atoms with Crippen molar-refractivity contribution in [3.8, 4) is 0 Å². The lowest BCUT2D eigenvalue weighted by atomic mass is 10.0. The van der Waals surface area contributed by atoms with Gasteiger partial charge in [-0.3, -0.25) is 4.79 Å². The Balaban J connectivity index is 1.81. The number of benzene rings is 1. The monoisotopic (exact) mass is 371 g/mol. The molecule has 152 valence electrons. The molecule has 0 atom stereocenters. The van der Waals surface area contributed by atoms with Gasteiger partial charge in [-0.15, -0.1) is 0 Å². The van der Waals surface area contributed by atoms with Crippen LogP contribution in [0.1, 0.15) is 114 Å². The number of carbonyl (C=O) groups is 1. The quantitative estimate of drug-likeness (QED) is 0.278. The number of allylic oxidation sites excluding steroid dienone is 1. The first-order chi connectivity index (χ1) is 13.3. The molecule has 1 amide bonds. The number of nitrogens with one attached hydrogen (secondary N) is 1. The van der Waals surface area contributed by atoms with Crippen molar-refractivity contribution in [2.45, 2.75) is 103 Å². The molecule has 1 N–H and O–H groups in total. The van der Waals surface area contributed by atoms with Crippen molar-refractivity contribution in [2.24, 2.45) is 0 Å². The van der Waals surface area contributed by atoms with E-state index in [0.717, 1.165) is 6.42 Å². The number of amides is 1. The predicted octanol–water partition coefficient (Wildman–Crippen LogP) is 7.80. The van der Waals surface area contributed by atoms with Gasteiger partial charge in [0.05, 0.1) is 0 Å². The molecule has 1 aromatic rings. The maximum atomic E-state index is 11.8. The minimum atomic E-state index is -0.0344. The van der Waals surface area contributed by atoms with Crippen molar-refractivity contribution in [1.82, 2.24) is 5.32 Å². The number of rotatable bonds is 17. The Morgan fingerprint density at radius 2 is 1.22 bits per heavy atom. The van der Waals surface area contributed by atoms with E-state index in [0.29, 0.717) is 5.56 Å². The van der Waals surface area contributed by atoms with Crippen molar-refractivity contribution in [3.63, 3.8) is 0 Å². The van der Waals surface area contributed by atoms with Crippen LogP contribution in [-0.2, 0) is 0 Å². The summed E-state index contributed by atoms with van der Waals surface area (Å²) in [6, 6.07) is 9.34. The Hall–Kier alpha value is -1.57. The summed E-state index contributed by atoms with van der Waals surface area (Å²) in [5, 5.41) is 2.83. The molecule has 0 heterocycles. The Labute approximate surface area is 167 Å². The molecule has 0 aliphatic carbocycles. The van der Waals surface area contributed by atoms with Crippen LogP contribution in [0.4, 0.5) is 0 Å². The van der Waals surface area contributed by atoms with Crippen molar-refractivity contribution in [2.75, 3.05) is 0 Å². The van der Waals surface area contributed by atoms with Gasteiger partial charge in [-0.25, -0.2) is 0 Å². The Bertz CT molecular complexity index is 480. The van der Waals surface area contributed by atoms with Gasteiger partial charge < -0.3 is 5.32 Å². The Morgan fingerprint density at radius 3 is 1.74 bits per heavy atom. The molecule has 0 fully saturated rings. The average molecular weight is 372 g/mol. The first-order valence-electron chi connectivity index (χ1n) is 11.4. The third-order valence-electron chi connectivity index (χ3n) is 5.09. The Morgan fingerprint density at radius 1 is 0.741 bits per heavy atom. The summed E-state index contributed by atoms with van der Waals surface area (Å²) < 4.78 is 0. The van der Waals surface area contributed by atoms with Crippen LogP contribution in [0.25, 0.3) is 0 Å². The molecule has 0 saturated carbocycles. The molecular weight excluding hydrogens is 330 g/mol. The lowest BCUT2D eigenvalue weighted by molar-refractivity contribution is 0.0970. The molecule has 0 aliphatic rings. The van der Waals surface area contributed by atoms with E-state index >= 15 is 0 Å². The molecule has 0 unspecified atom stereocenters. The number of hydrogen-bond donors (Lipinski definition) is 1. The lowest BCUT2D eigenvalue weighted by Gasteiger charge is -2.03. The second-order valence-electron chi connectivity index (χ2n) is 7.63. The van der Waals surface area contributed by atoms with E-state index in [1.54, 1.807) is 6.20 Å². The fourth-order valence-corrected chi connectivity index (χ4v) is 3.35. The van der Waals surface area contributed by atoms with Gasteiger partial charge >= 0.3 is 0 Å². The molecule has 0 aromatic heterocycles. The molecule has 0 spiro atoms. The summed E-state index contributed by atoms with van der Waals surface area (Å²) in [5.41, 5.74) is 0.707. The molecule has 0 saturated heterocycles. The molecule has 0 bridgehead atoms. The molecule has 2 nitrogen and oxygen atoms in total. The zero-order valence-electron chi connectivity index (χ0n) is 17.6. The Kier molecular flexibility index (Phi) is 15.5. The van der Waals surface area contributed by atoms with Gasteiger partial charge in [0, 0.05) is 11.8 Å². The molecule has 0 aliphatic heterocycles. The second kappa shape index (κ2) is 17.8. The van der Waals surface area contributed by atoms with Crippen LogP contribution < -0.4 is 5.32 Å². The van der Waals surface area contributed by atoms with Gasteiger partial charge in [-0.05, 0) is 25.0 Å². The highest BCUT2D eigenvalue weighted by Gasteiger charge is 2.00. The number of carbonyl (C=O) groups excluding carboxylic acids is 1. The van der Waals surface area contributed by atoms with Gasteiger partial charge in [0.2, 0.25) is 0 Å². The molecule has 2 heteroatoms. The first kappa shape index (κ1) is 23.5. The van der Waals surface area contributed by atoms with E-state index in [2.05, 4.69) is 18.3 Å². The highest BCUT2D eigenvalue weighted by molar-refractivity contribution is 5.94. The van der Waals surface area contributed by atoms with Gasteiger partial charge in [-0.2, -0.15) is 0 Å². The normalized spacial score (nSPS) is 11.1. The summed E-state index contributed by atoms with van der Waals surface area (Å²) in [7, 11) is 0. The number of hydrogen-bond acceptors (Lipinski definition) is 1. The maximum absolute atomic E-state index is 11.8. The zero-order valence-corrected chi connectivity index (χ0v) is 17.6. The van der Waals surface area contributed by atoms with Crippen LogP contribution in [0, 0.1) is 0 Å². The van der Waals surface area contributed by atoms with E-state index < -0.39 is 0 Å². The fourth-order valence-electron chi connectivity index (χ4n) is 3.35. The topological polar surface area (TPSA) is 29.1 Å². The third kappa shape index (κ3) is 14.2. The predicted molar refractivity (Wildman–Crippen MR) is 118 cm³/mol. The van der Waals surface area contributed by atoms with Crippen LogP contribution in [0.15, 0.2) is 42.6 Å². The van der Waals surface area contributed by atoms with E-state index in [4.69, 9.17) is 0 Å². The van der Waals surface area contributed by atoms with Crippen molar-refractivity contribution in [3.05, 3.63) is 48.2 Å². The standard InChI is InChI=1S/C25H41NO/c1-2-3-4-5-6-7-8-9-10-11-12-13-14-15-16-20-23-26-25(27)24-21-18-17-19-22-24/h17-23H,2-16H2,1H3,(H,26,27). The highest BCUT2D eigenvalue weighted by Crippen LogP contribution is 2.13. The van der Waals surface area contributed by atoms with Gasteiger partial charge in [0.1, 0.15) is 0 Å². The lowest BCUT2D eigenvalue weighted by Crippen LogP contribution is -2.16. The van der Waals surface area contributed by atoms with Crippen LogP contribution in [0.5, 0.6) is 0 Å². The highest BCUT2D eigenvalue weighted by atomic mass is 16.1.